The zero-order valence-corrected chi connectivity index (χ0v) is 18.7. The maximum absolute atomic E-state index is 13.5. The Morgan fingerprint density at radius 2 is 2.06 bits per heavy atom. The summed E-state index contributed by atoms with van der Waals surface area (Å²) in [5.74, 6) is 0.682. The lowest BCUT2D eigenvalue weighted by atomic mass is 9.95. The van der Waals surface area contributed by atoms with E-state index in [9.17, 15) is 14.7 Å². The molecule has 0 bridgehead atoms. The molecule has 168 valence electrons. The van der Waals surface area contributed by atoms with Gasteiger partial charge in [-0.05, 0) is 43.7 Å². The van der Waals surface area contributed by atoms with Crippen molar-refractivity contribution in [2.75, 3.05) is 13.4 Å². The Bertz CT molecular complexity index is 1480. The van der Waals surface area contributed by atoms with Crippen LogP contribution in [0.3, 0.4) is 0 Å². The van der Waals surface area contributed by atoms with Gasteiger partial charge < -0.3 is 19.3 Å². The van der Waals surface area contributed by atoms with Crippen LogP contribution in [0.4, 0.5) is 0 Å². The zero-order valence-electron chi connectivity index (χ0n) is 17.9. The van der Waals surface area contributed by atoms with E-state index in [1.807, 2.05) is 0 Å². The number of benzene rings is 2. The molecule has 0 fully saturated rings. The van der Waals surface area contributed by atoms with Gasteiger partial charge in [0.05, 0.1) is 28.5 Å². The molecular weight excluding hydrogens is 444 g/mol. The van der Waals surface area contributed by atoms with Crippen LogP contribution in [0.25, 0.3) is 6.08 Å². The predicted molar refractivity (Wildman–Crippen MR) is 121 cm³/mol. The van der Waals surface area contributed by atoms with Crippen LogP contribution in [0.15, 0.2) is 63.5 Å². The minimum absolute atomic E-state index is 0.0686. The second-order valence-electron chi connectivity index (χ2n) is 7.47. The molecule has 3 heterocycles. The van der Waals surface area contributed by atoms with Gasteiger partial charge in [0.15, 0.2) is 16.3 Å². The van der Waals surface area contributed by atoms with Crippen LogP contribution in [0.2, 0.25) is 0 Å². The van der Waals surface area contributed by atoms with Crippen LogP contribution >= 0.6 is 11.3 Å². The van der Waals surface area contributed by atoms with E-state index in [1.54, 1.807) is 62.4 Å². The van der Waals surface area contributed by atoms with Gasteiger partial charge in [-0.3, -0.25) is 9.36 Å². The number of hydrogen-bond donors (Lipinski definition) is 1. The molecule has 0 aliphatic carbocycles. The molecule has 1 atom stereocenters. The van der Waals surface area contributed by atoms with E-state index >= 15 is 0 Å². The predicted octanol–water partition coefficient (Wildman–Crippen LogP) is 2.23. The van der Waals surface area contributed by atoms with E-state index in [4.69, 9.17) is 14.2 Å². The maximum atomic E-state index is 13.5. The highest BCUT2D eigenvalue weighted by atomic mass is 32.1. The van der Waals surface area contributed by atoms with Crippen molar-refractivity contribution in [3.63, 3.8) is 0 Å². The van der Waals surface area contributed by atoms with Gasteiger partial charge in [-0.15, -0.1) is 0 Å². The van der Waals surface area contributed by atoms with Crippen molar-refractivity contribution in [1.82, 2.24) is 4.57 Å². The number of rotatable bonds is 4. The average molecular weight is 464 g/mol. The lowest BCUT2D eigenvalue weighted by Gasteiger charge is -2.24. The van der Waals surface area contributed by atoms with Crippen LogP contribution in [-0.2, 0) is 9.53 Å². The van der Waals surface area contributed by atoms with E-state index in [0.29, 0.717) is 37.7 Å². The first-order chi connectivity index (χ1) is 16.0. The van der Waals surface area contributed by atoms with Gasteiger partial charge in [0, 0.05) is 5.56 Å². The Morgan fingerprint density at radius 3 is 2.85 bits per heavy atom. The van der Waals surface area contributed by atoms with Crippen LogP contribution in [-0.4, -0.2) is 29.0 Å². The number of carbonyl (C=O) groups is 1. The number of esters is 1. The number of thiazole rings is 1. The molecule has 0 saturated carbocycles. The molecule has 2 aromatic carbocycles. The number of aromatic hydroxyl groups is 1. The Morgan fingerprint density at radius 1 is 1.27 bits per heavy atom. The summed E-state index contributed by atoms with van der Waals surface area (Å²) in [5.41, 5.74) is 1.64. The third-order valence-electron chi connectivity index (χ3n) is 5.45. The van der Waals surface area contributed by atoms with Gasteiger partial charge in [-0.2, -0.15) is 0 Å². The first-order valence-corrected chi connectivity index (χ1v) is 11.2. The Balaban J connectivity index is 1.74. The summed E-state index contributed by atoms with van der Waals surface area (Å²) in [6.07, 6.45) is 1.62. The highest BCUT2D eigenvalue weighted by Gasteiger charge is 2.34. The summed E-state index contributed by atoms with van der Waals surface area (Å²) in [5, 5.41) is 10.1. The van der Waals surface area contributed by atoms with Crippen molar-refractivity contribution in [2.45, 2.75) is 19.9 Å². The normalized spacial score (nSPS) is 17.0. The summed E-state index contributed by atoms with van der Waals surface area (Å²) in [7, 11) is 0. The Labute approximate surface area is 192 Å². The number of aromatic nitrogens is 1. The number of ether oxygens (including phenoxy) is 3. The fraction of sp³-hybridized carbons (Fsp3) is 0.208. The van der Waals surface area contributed by atoms with Gasteiger partial charge in [0.2, 0.25) is 6.79 Å². The first kappa shape index (κ1) is 21.0. The molecule has 0 saturated heterocycles. The average Bonchev–Trinajstić information content (AvgIpc) is 3.38. The van der Waals surface area contributed by atoms with E-state index in [0.717, 1.165) is 0 Å². The number of para-hydroxylation sites is 1. The topological polar surface area (TPSA) is 99.4 Å². The van der Waals surface area contributed by atoms with Crippen molar-refractivity contribution in [3.8, 4) is 17.2 Å². The molecule has 5 rings (SSSR count). The van der Waals surface area contributed by atoms with Gasteiger partial charge in [-0.25, -0.2) is 9.79 Å². The van der Waals surface area contributed by atoms with Crippen molar-refractivity contribution in [1.29, 1.82) is 0 Å². The van der Waals surface area contributed by atoms with E-state index in [1.165, 1.54) is 15.9 Å². The molecule has 1 N–H and O–H groups in total. The molecule has 8 nitrogen and oxygen atoms in total. The molecule has 0 spiro atoms. The minimum atomic E-state index is -0.749. The molecule has 2 aliphatic heterocycles. The van der Waals surface area contributed by atoms with Gasteiger partial charge in [0.1, 0.15) is 5.75 Å². The van der Waals surface area contributed by atoms with Crippen molar-refractivity contribution < 1.29 is 24.1 Å². The summed E-state index contributed by atoms with van der Waals surface area (Å²) in [6.45, 7) is 3.76. The van der Waals surface area contributed by atoms with Crippen molar-refractivity contribution in [2.24, 2.45) is 4.99 Å². The standard InChI is InChI=1S/C24H20N2O6S/c1-3-30-23(29)20-13(2)25-24-26(21(20)15-8-9-17-18(10-15)32-12-31-17)22(28)19(33-24)11-14-6-4-5-7-16(14)27/h4-11,21,27H,3,12H2,1-2H3/b19-11+/t21-/m1/s1. The second-order valence-corrected chi connectivity index (χ2v) is 8.48. The number of fused-ring (bicyclic) bond motifs is 2. The number of nitrogens with zero attached hydrogens (tertiary/aromatic N) is 2. The van der Waals surface area contributed by atoms with Crippen LogP contribution in [0.5, 0.6) is 17.2 Å². The Kier molecular flexibility index (Phi) is 5.26. The monoisotopic (exact) mass is 464 g/mol. The number of phenols is 1. The SMILES string of the molecule is CCOC(=O)C1=C(C)N=c2s/c(=C/c3ccccc3O)c(=O)n2[C@@H]1c1ccc2c(c1)OCO2. The van der Waals surface area contributed by atoms with Gasteiger partial charge in [0.25, 0.3) is 5.56 Å². The van der Waals surface area contributed by atoms with E-state index in [-0.39, 0.29) is 30.3 Å². The molecule has 9 heteroatoms. The summed E-state index contributed by atoms with van der Waals surface area (Å²) >= 11 is 1.20. The molecule has 3 aromatic rings. The molecule has 1 aromatic heterocycles. The number of carbonyl (C=O) groups excluding carboxylic acids is 1. The Hall–Kier alpha value is -3.85. The highest BCUT2D eigenvalue weighted by Crippen LogP contribution is 2.38. The van der Waals surface area contributed by atoms with Crippen LogP contribution in [0, 0.1) is 0 Å². The van der Waals surface area contributed by atoms with E-state index in [2.05, 4.69) is 4.99 Å². The lowest BCUT2D eigenvalue weighted by Crippen LogP contribution is -2.39. The van der Waals surface area contributed by atoms with Crippen molar-refractivity contribution in [3.05, 3.63) is 84.5 Å². The number of phenolic OH excluding ortho intramolecular Hbond substituents is 1. The van der Waals surface area contributed by atoms with E-state index < -0.39 is 12.0 Å². The minimum Gasteiger partial charge on any atom is -0.507 e. The smallest absolute Gasteiger partial charge is 0.338 e. The third kappa shape index (κ3) is 3.60. The summed E-state index contributed by atoms with van der Waals surface area (Å²) in [4.78, 5) is 31.5. The molecule has 0 unspecified atom stereocenters. The van der Waals surface area contributed by atoms with Crippen molar-refractivity contribution >= 4 is 23.4 Å². The first-order valence-electron chi connectivity index (χ1n) is 10.3. The molecule has 0 radical (unpaired) electrons. The molecule has 33 heavy (non-hydrogen) atoms. The highest BCUT2D eigenvalue weighted by molar-refractivity contribution is 7.07. The summed E-state index contributed by atoms with van der Waals surface area (Å²) in [6, 6.07) is 11.3. The maximum Gasteiger partial charge on any atom is 0.338 e. The third-order valence-corrected chi connectivity index (χ3v) is 6.44. The van der Waals surface area contributed by atoms with Crippen LogP contribution in [0.1, 0.15) is 31.0 Å². The zero-order chi connectivity index (χ0) is 23.1. The largest absolute Gasteiger partial charge is 0.507 e. The van der Waals surface area contributed by atoms with Gasteiger partial charge in [-0.1, -0.05) is 35.6 Å². The second kappa shape index (κ2) is 8.25. The quantitative estimate of drug-likeness (QED) is 0.595. The molecular formula is C24H20N2O6S. The number of hydrogen-bond acceptors (Lipinski definition) is 8. The number of allylic oxidation sites excluding steroid dienone is 1. The fourth-order valence-electron chi connectivity index (χ4n) is 3.94. The molecule has 2 aliphatic rings. The van der Waals surface area contributed by atoms with Gasteiger partial charge >= 0.3 is 5.97 Å². The lowest BCUT2D eigenvalue weighted by molar-refractivity contribution is -0.139. The van der Waals surface area contributed by atoms with Crippen LogP contribution < -0.4 is 24.4 Å². The summed E-state index contributed by atoms with van der Waals surface area (Å²) < 4.78 is 18.1. The molecule has 0 amide bonds. The fourth-order valence-corrected chi connectivity index (χ4v) is 4.98.